The lowest BCUT2D eigenvalue weighted by Gasteiger charge is -2.25. The number of anilines is 3. The molecule has 0 bridgehead atoms. The van der Waals surface area contributed by atoms with E-state index >= 15 is 0 Å². The molecular formula is C84H108N15O24P3. The largest absolute Gasteiger partial charge is 0.464 e. The van der Waals surface area contributed by atoms with Crippen LogP contribution in [0.1, 0.15) is 118 Å². The van der Waals surface area contributed by atoms with Crippen molar-refractivity contribution in [3.63, 3.8) is 0 Å². The number of carbonyl (C=O) groups excluding carboxylic acids is 3. The van der Waals surface area contributed by atoms with Gasteiger partial charge in [-0.25, -0.2) is 27.2 Å². The summed E-state index contributed by atoms with van der Waals surface area (Å²) >= 11 is 0. The number of aromatic nitrogens is 6. The quantitative estimate of drug-likeness (QED) is 0.00972. The molecule has 3 aromatic carbocycles. The Kier molecular flexibility index (Phi) is 33.6. The van der Waals surface area contributed by atoms with Crippen molar-refractivity contribution < 1.29 is 114 Å². The first-order valence-corrected chi connectivity index (χ1v) is 45.7. The van der Waals surface area contributed by atoms with Gasteiger partial charge in [0.05, 0.1) is 90.3 Å². The van der Waals surface area contributed by atoms with Crippen molar-refractivity contribution in [2.45, 2.75) is 191 Å². The molecule has 18 atom stereocenters. The number of nitrogens with zero attached hydrogens (tertiary/aromatic N) is 9. The smallest absolute Gasteiger partial charge is 0.459 e. The van der Waals surface area contributed by atoms with Crippen LogP contribution in [0.3, 0.4) is 0 Å². The van der Waals surface area contributed by atoms with Crippen molar-refractivity contribution in [3.05, 3.63) is 181 Å². The molecule has 3 saturated heterocycles. The van der Waals surface area contributed by atoms with Gasteiger partial charge in [0, 0.05) is 18.6 Å². The number of aliphatic hydroxyl groups is 6. The molecule has 0 radical (unpaired) electrons. The molecule has 678 valence electrons. The lowest BCUT2D eigenvalue weighted by molar-refractivity contribution is -0.147. The van der Waals surface area contributed by atoms with Crippen molar-refractivity contribution in [3.8, 4) is 35.5 Å². The van der Waals surface area contributed by atoms with E-state index in [0.29, 0.717) is 33.6 Å². The fraction of sp³-hybridized carbons (Fsp3) is 0.464. The zero-order chi connectivity index (χ0) is 91.5. The number of hydrogen-bond donors (Lipinski definition) is 12. The number of carbonyl (C=O) groups is 3. The van der Waals surface area contributed by atoms with Gasteiger partial charge in [0.15, 0.2) is 0 Å². The number of para-hydroxylation sites is 3. The zero-order valence-electron chi connectivity index (χ0n) is 70.9. The summed E-state index contributed by atoms with van der Waals surface area (Å²) in [6.45, 7) is 15.3. The molecule has 9 heterocycles. The van der Waals surface area contributed by atoms with Crippen molar-refractivity contribution in [2.24, 2.45) is 17.8 Å². The standard InChI is InChI=1S/3C28H36N5O8P/c3*1-4-19(5-2)15-38-27(36)18(3)32-42(37,41-20-9-7-6-8-10-20)39-16-23-25(34)26(35)28(17-29,40-23)24-12-11-22-21(30)13-14-31-33(22)24/h3*6-14,18-19,23,25-26,34-35H,4-5,15-16,30H2,1-3H3,(H,32,37)/t18-,23?,25+,26+,28-,42?;18-,23?,25+,26+,28-,42+;18-,23?,25+,26+,28-,42-/m000/s1. The first-order valence-electron chi connectivity index (χ1n) is 41.1. The minimum absolute atomic E-state index is 0.136. The van der Waals surface area contributed by atoms with Crippen LogP contribution in [0.4, 0.5) is 17.1 Å². The van der Waals surface area contributed by atoms with Gasteiger partial charge in [-0.3, -0.25) is 28.0 Å². The minimum Gasteiger partial charge on any atom is -0.464 e. The van der Waals surface area contributed by atoms with Gasteiger partial charge in [-0.15, -0.1) is 0 Å². The van der Waals surface area contributed by atoms with Gasteiger partial charge in [-0.2, -0.15) is 46.3 Å². The number of fused-ring (bicyclic) bond motifs is 3. The third kappa shape index (κ3) is 22.4. The third-order valence-electron chi connectivity index (χ3n) is 21.9. The summed E-state index contributed by atoms with van der Waals surface area (Å²) in [4.78, 5) is 38.1. The molecule has 0 saturated carbocycles. The SMILES string of the molecule is CCC(CC)COC(=O)[C@H](C)NP(=O)(OCC1O[C@@](C#N)(c2ccc3c(N)ccnn23)[C@H](O)[C@@H]1O)Oc1ccccc1.CCC(CC)COC(=O)[C@H](C)N[P@@](=O)(OCC1O[C@@](C#N)(c2ccc3c(N)ccnn23)[C@H](O)[C@@H]1O)Oc1ccccc1.CCC(CC)COC(=O)[C@H](C)N[P@](=O)(OCC1O[C@@](C#N)(c2ccc3c(N)ccnn23)[C@H](O)[C@@H]1O)Oc1ccccc1. The molecule has 39 nitrogen and oxygen atoms in total. The van der Waals surface area contributed by atoms with E-state index in [0.717, 1.165) is 38.5 Å². The summed E-state index contributed by atoms with van der Waals surface area (Å²) in [5, 5.41) is 117. The normalized spacial score (nSPS) is 24.3. The van der Waals surface area contributed by atoms with E-state index in [1.165, 1.54) is 71.1 Å². The number of nitrogen functional groups attached to an aromatic ring is 3. The number of rotatable bonds is 39. The number of esters is 3. The second-order valence-corrected chi connectivity index (χ2v) is 35.4. The molecule has 42 heteroatoms. The lowest BCUT2D eigenvalue weighted by atomic mass is 9.92. The molecule has 12 rings (SSSR count). The molecule has 3 aliphatic rings. The maximum atomic E-state index is 13.9. The summed E-state index contributed by atoms with van der Waals surface area (Å²) in [7, 11) is -12.9. The average Bonchev–Trinajstić information content (AvgIpc) is 1.59. The molecule has 9 aromatic rings. The van der Waals surface area contributed by atoms with E-state index in [2.05, 4.69) is 30.6 Å². The summed E-state index contributed by atoms with van der Waals surface area (Å²) < 4.78 is 114. The summed E-state index contributed by atoms with van der Waals surface area (Å²) in [6.07, 6.45) is -4.68. The van der Waals surface area contributed by atoms with Crippen molar-refractivity contribution in [1.82, 2.24) is 44.1 Å². The van der Waals surface area contributed by atoms with E-state index in [9.17, 15) is 74.5 Å². The number of nitriles is 3. The number of nitrogens with two attached hydrogens (primary N) is 3. The Hall–Kier alpha value is -10.5. The van der Waals surface area contributed by atoms with Gasteiger partial charge < -0.3 is 89.8 Å². The summed E-state index contributed by atoms with van der Waals surface area (Å²) in [5.41, 5.74) is 14.9. The second-order valence-electron chi connectivity index (χ2n) is 30.3. The molecule has 0 amide bonds. The number of nitrogens with one attached hydrogen (secondary N) is 3. The maximum Gasteiger partial charge on any atom is 0.459 e. The Morgan fingerprint density at radius 1 is 0.413 bits per heavy atom. The Labute approximate surface area is 727 Å². The van der Waals surface area contributed by atoms with Gasteiger partial charge in [0.1, 0.15) is 109 Å². The third-order valence-corrected chi connectivity index (χ3v) is 26.8. The van der Waals surface area contributed by atoms with Crippen LogP contribution >= 0.6 is 23.2 Å². The number of aliphatic hydroxyl groups excluding tert-OH is 6. The van der Waals surface area contributed by atoms with Gasteiger partial charge in [0.25, 0.3) is 0 Å². The number of benzene rings is 3. The first kappa shape index (κ1) is 97.7. The van der Waals surface area contributed by atoms with Crippen LogP contribution in [-0.2, 0) is 86.9 Å². The molecule has 0 spiro atoms. The van der Waals surface area contributed by atoms with E-state index in [-0.39, 0.29) is 71.9 Å². The van der Waals surface area contributed by atoms with E-state index in [1.807, 2.05) is 59.8 Å². The van der Waals surface area contributed by atoms with E-state index in [1.54, 1.807) is 127 Å². The van der Waals surface area contributed by atoms with Crippen molar-refractivity contribution in [2.75, 3.05) is 56.8 Å². The number of ether oxygens (including phenoxy) is 6. The second kappa shape index (κ2) is 43.3. The molecule has 3 fully saturated rings. The topological polar surface area (TPSA) is 572 Å². The fourth-order valence-corrected chi connectivity index (χ4v) is 18.5. The zero-order valence-corrected chi connectivity index (χ0v) is 73.5. The van der Waals surface area contributed by atoms with Crippen LogP contribution in [0, 0.1) is 51.7 Å². The Bertz CT molecular complexity index is 4900. The number of hydrogen-bond acceptors (Lipinski definition) is 33. The van der Waals surface area contributed by atoms with E-state index < -0.39 is 151 Å². The Morgan fingerprint density at radius 3 is 0.873 bits per heavy atom. The molecular weight excluding hydrogens is 1700 g/mol. The van der Waals surface area contributed by atoms with Crippen LogP contribution < -0.4 is 46.0 Å². The van der Waals surface area contributed by atoms with Crippen LogP contribution in [0.25, 0.3) is 16.6 Å². The van der Waals surface area contributed by atoms with Gasteiger partial charge in [-0.1, -0.05) is 135 Å². The predicted molar refractivity (Wildman–Crippen MR) is 456 cm³/mol. The average molecular weight is 1800 g/mol. The maximum absolute atomic E-state index is 13.9. The molecule has 0 aliphatic carbocycles. The highest BCUT2D eigenvalue weighted by Gasteiger charge is 2.61. The summed E-state index contributed by atoms with van der Waals surface area (Å²) in [6, 6.07) is 41.2. The molecule has 15 N–H and O–H groups in total. The molecule has 4 unspecified atom stereocenters. The molecule has 126 heavy (non-hydrogen) atoms. The van der Waals surface area contributed by atoms with Gasteiger partial charge in [-0.05, 0) is 130 Å². The highest BCUT2D eigenvalue weighted by molar-refractivity contribution is 7.52. The van der Waals surface area contributed by atoms with Crippen LogP contribution in [0.2, 0.25) is 0 Å². The highest BCUT2D eigenvalue weighted by Crippen LogP contribution is 2.52. The lowest BCUT2D eigenvalue weighted by Crippen LogP contribution is -2.41. The van der Waals surface area contributed by atoms with Gasteiger partial charge >= 0.3 is 41.1 Å². The Balaban J connectivity index is 0.000000197. The van der Waals surface area contributed by atoms with Crippen LogP contribution in [-0.4, -0.2) is 190 Å². The predicted octanol–water partition coefficient (Wildman–Crippen LogP) is 8.75. The van der Waals surface area contributed by atoms with Crippen molar-refractivity contribution >= 4 is 74.8 Å². The first-order chi connectivity index (χ1) is 60.2. The Morgan fingerprint density at radius 2 is 0.651 bits per heavy atom. The van der Waals surface area contributed by atoms with Crippen molar-refractivity contribution in [1.29, 1.82) is 15.8 Å². The highest BCUT2D eigenvalue weighted by atomic mass is 31.2. The van der Waals surface area contributed by atoms with E-state index in [4.69, 9.17) is 72.8 Å². The minimum atomic E-state index is -4.31. The molecule has 3 aliphatic heterocycles. The summed E-state index contributed by atoms with van der Waals surface area (Å²) in [5.74, 6) is -0.789. The van der Waals surface area contributed by atoms with Crippen LogP contribution in [0.5, 0.6) is 17.2 Å². The van der Waals surface area contributed by atoms with Crippen LogP contribution in [0.15, 0.2) is 164 Å². The monoisotopic (exact) mass is 1800 g/mol. The fourth-order valence-electron chi connectivity index (χ4n) is 14.0. The molecule has 6 aromatic heterocycles. The van der Waals surface area contributed by atoms with Gasteiger partial charge in [0.2, 0.25) is 16.8 Å².